The summed E-state index contributed by atoms with van der Waals surface area (Å²) >= 11 is 17.3. The van der Waals surface area contributed by atoms with Crippen molar-refractivity contribution in [3.05, 3.63) is 80.4 Å². The molecular weight excluding hydrogens is 548 g/mol. The molecule has 0 spiro atoms. The minimum atomic E-state index is -4.71. The highest BCUT2D eigenvalue weighted by Crippen LogP contribution is 2.35. The molecular formula is C20H11Cl3F5N3O2S. The molecule has 2 aromatic carbocycles. The second-order valence-corrected chi connectivity index (χ2v) is 9.32. The largest absolute Gasteiger partial charge is 0.416 e. The number of carbonyl (C=O) groups excluding carboxylic acids is 1. The Balaban J connectivity index is 1.89. The van der Waals surface area contributed by atoms with Gasteiger partial charge in [0.25, 0.3) is 11.8 Å². The van der Waals surface area contributed by atoms with Gasteiger partial charge < -0.3 is 5.32 Å². The van der Waals surface area contributed by atoms with Gasteiger partial charge in [0.1, 0.15) is 10.8 Å². The number of aromatic nitrogens is 2. The zero-order valence-corrected chi connectivity index (χ0v) is 19.6. The second kappa shape index (κ2) is 10.1. The number of nitrogens with zero attached hydrogens (tertiary/aromatic N) is 2. The molecule has 34 heavy (non-hydrogen) atoms. The van der Waals surface area contributed by atoms with E-state index in [0.717, 1.165) is 36.4 Å². The number of hydrogen-bond acceptors (Lipinski definition) is 4. The number of carbonyl (C=O) groups is 1. The van der Waals surface area contributed by atoms with Crippen molar-refractivity contribution in [3.8, 4) is 0 Å². The van der Waals surface area contributed by atoms with E-state index in [1.807, 2.05) is 5.32 Å². The Kier molecular flexibility index (Phi) is 7.81. The summed E-state index contributed by atoms with van der Waals surface area (Å²) in [5.41, 5.74) is -2.18. The molecule has 5 nitrogen and oxygen atoms in total. The maximum atomic E-state index is 14.6. The van der Waals surface area contributed by atoms with Crippen LogP contribution in [-0.2, 0) is 22.9 Å². The first-order chi connectivity index (χ1) is 15.8. The predicted molar refractivity (Wildman–Crippen MR) is 116 cm³/mol. The van der Waals surface area contributed by atoms with Crippen LogP contribution < -0.4 is 5.32 Å². The van der Waals surface area contributed by atoms with Crippen molar-refractivity contribution in [1.29, 1.82) is 0 Å². The summed E-state index contributed by atoms with van der Waals surface area (Å²) in [5.74, 6) is -4.78. The van der Waals surface area contributed by atoms with Crippen molar-refractivity contribution >= 4 is 51.5 Å². The Morgan fingerprint density at radius 2 is 1.68 bits per heavy atom. The summed E-state index contributed by atoms with van der Waals surface area (Å²) in [7, 11) is -2.42. The van der Waals surface area contributed by atoms with Gasteiger partial charge in [-0.1, -0.05) is 40.9 Å². The van der Waals surface area contributed by atoms with E-state index in [-0.39, 0.29) is 20.1 Å². The highest BCUT2D eigenvalue weighted by molar-refractivity contribution is 7.85. The third-order valence-corrected chi connectivity index (χ3v) is 6.39. The Labute approximate surface area is 206 Å². The van der Waals surface area contributed by atoms with E-state index in [0.29, 0.717) is 6.07 Å². The molecule has 1 heterocycles. The van der Waals surface area contributed by atoms with Gasteiger partial charge in [-0.05, 0) is 42.5 Å². The average Bonchev–Trinajstić information content (AvgIpc) is 2.76. The zero-order valence-electron chi connectivity index (χ0n) is 16.5. The molecule has 14 heteroatoms. The van der Waals surface area contributed by atoms with Crippen molar-refractivity contribution in [1.82, 2.24) is 15.5 Å². The van der Waals surface area contributed by atoms with Crippen LogP contribution in [0.2, 0.25) is 15.2 Å². The summed E-state index contributed by atoms with van der Waals surface area (Å²) in [6.07, 6.45) is -4.71. The van der Waals surface area contributed by atoms with E-state index in [1.54, 1.807) is 0 Å². The topological polar surface area (TPSA) is 72.0 Å². The van der Waals surface area contributed by atoms with Gasteiger partial charge in [-0.15, -0.1) is 10.2 Å². The number of amides is 1. The van der Waals surface area contributed by atoms with Crippen molar-refractivity contribution in [2.24, 2.45) is 0 Å². The molecule has 0 bridgehead atoms. The van der Waals surface area contributed by atoms with Gasteiger partial charge in [0.05, 0.1) is 22.7 Å². The van der Waals surface area contributed by atoms with Crippen LogP contribution >= 0.6 is 34.8 Å². The summed E-state index contributed by atoms with van der Waals surface area (Å²) in [6, 6.07) is 7.75. The molecule has 0 aliphatic carbocycles. The molecule has 0 saturated heterocycles. The van der Waals surface area contributed by atoms with Crippen molar-refractivity contribution in [2.75, 3.05) is 6.54 Å². The van der Waals surface area contributed by atoms with E-state index in [1.165, 1.54) is 6.07 Å². The summed E-state index contributed by atoms with van der Waals surface area (Å²) in [6.45, 7) is -1.22. The molecule has 1 N–H and O–H groups in total. The first-order valence-corrected chi connectivity index (χ1v) is 11.3. The maximum absolute atomic E-state index is 14.6. The Hall–Kier alpha value is -2.34. The molecule has 3 aromatic rings. The number of nitrogens with one attached hydrogen (secondary N) is 1. The molecule has 0 aliphatic heterocycles. The zero-order chi connectivity index (χ0) is 25.3. The van der Waals surface area contributed by atoms with Gasteiger partial charge in [0.15, 0.2) is 10.2 Å². The predicted octanol–water partition coefficient (Wildman–Crippen LogP) is 6.14. The lowest BCUT2D eigenvalue weighted by Gasteiger charge is -2.19. The normalized spacial score (nSPS) is 12.9. The second-order valence-electron chi connectivity index (χ2n) is 6.69. The van der Waals surface area contributed by atoms with Crippen LogP contribution in [-0.4, -0.2) is 26.9 Å². The van der Waals surface area contributed by atoms with Gasteiger partial charge in [0.2, 0.25) is 0 Å². The summed E-state index contributed by atoms with van der Waals surface area (Å²) in [5, 5.41) is 7.89. The van der Waals surface area contributed by atoms with Crippen LogP contribution in [0, 0.1) is 0 Å². The average molecular weight is 559 g/mol. The summed E-state index contributed by atoms with van der Waals surface area (Å²) < 4.78 is 81.1. The van der Waals surface area contributed by atoms with E-state index in [9.17, 15) is 31.0 Å². The minimum Gasteiger partial charge on any atom is -0.346 e. The number of benzene rings is 2. The monoisotopic (exact) mass is 557 g/mol. The van der Waals surface area contributed by atoms with E-state index >= 15 is 0 Å². The maximum Gasteiger partial charge on any atom is 0.416 e. The lowest BCUT2D eigenvalue weighted by atomic mass is 10.1. The van der Waals surface area contributed by atoms with Crippen LogP contribution in [0.5, 0.6) is 0 Å². The number of alkyl halides is 5. The van der Waals surface area contributed by atoms with Crippen molar-refractivity contribution < 1.29 is 31.0 Å². The van der Waals surface area contributed by atoms with Gasteiger partial charge in [0, 0.05) is 15.5 Å². The van der Waals surface area contributed by atoms with E-state index in [2.05, 4.69) is 10.2 Å². The lowest BCUT2D eigenvalue weighted by Crippen LogP contribution is -2.35. The first-order valence-electron chi connectivity index (χ1n) is 9.03. The number of hydrogen-bond donors (Lipinski definition) is 1. The number of rotatable bonds is 6. The smallest absolute Gasteiger partial charge is 0.346 e. The van der Waals surface area contributed by atoms with Gasteiger partial charge in [-0.3, -0.25) is 4.79 Å². The summed E-state index contributed by atoms with van der Waals surface area (Å²) in [4.78, 5) is 12.3. The lowest BCUT2D eigenvalue weighted by molar-refractivity contribution is -0.137. The Morgan fingerprint density at radius 1 is 0.971 bits per heavy atom. The van der Waals surface area contributed by atoms with Crippen LogP contribution in [0.4, 0.5) is 22.0 Å². The fourth-order valence-corrected chi connectivity index (χ4v) is 4.54. The van der Waals surface area contributed by atoms with Crippen LogP contribution in [0.15, 0.2) is 58.5 Å². The molecule has 180 valence electrons. The third kappa shape index (κ3) is 6.01. The minimum absolute atomic E-state index is 0.132. The molecule has 0 aliphatic rings. The molecule has 3 rings (SSSR count). The van der Waals surface area contributed by atoms with Crippen molar-refractivity contribution in [3.63, 3.8) is 0 Å². The van der Waals surface area contributed by atoms with E-state index in [4.69, 9.17) is 34.8 Å². The molecule has 0 fully saturated rings. The van der Waals surface area contributed by atoms with Gasteiger partial charge in [-0.2, -0.15) is 22.0 Å². The highest BCUT2D eigenvalue weighted by Gasteiger charge is 2.35. The van der Waals surface area contributed by atoms with Crippen LogP contribution in [0.3, 0.4) is 0 Å². The quantitative estimate of drug-likeness (QED) is 0.369. The van der Waals surface area contributed by atoms with Crippen LogP contribution in [0.25, 0.3) is 0 Å². The SMILES string of the molecule is O=C(NCC(F)(F)c1ccc(Cl)cc1Cl)c1cc(Cl)nnc1S(=O)c1cccc(C(F)(F)F)c1. The molecule has 1 unspecified atom stereocenters. The van der Waals surface area contributed by atoms with Gasteiger partial charge >= 0.3 is 6.18 Å². The third-order valence-electron chi connectivity index (χ3n) is 4.32. The first kappa shape index (κ1) is 26.3. The molecule has 1 aromatic heterocycles. The van der Waals surface area contributed by atoms with Gasteiger partial charge in [-0.25, -0.2) is 4.21 Å². The number of halogens is 8. The van der Waals surface area contributed by atoms with E-state index < -0.39 is 57.1 Å². The Morgan fingerprint density at radius 3 is 2.32 bits per heavy atom. The molecule has 0 radical (unpaired) electrons. The fraction of sp³-hybridized carbons (Fsp3) is 0.150. The van der Waals surface area contributed by atoms with Crippen LogP contribution in [0.1, 0.15) is 21.5 Å². The highest BCUT2D eigenvalue weighted by atomic mass is 35.5. The molecule has 0 saturated carbocycles. The Bertz CT molecular complexity index is 1270. The molecule has 1 amide bonds. The standard InChI is InChI=1S/C20H11Cl3F5N3O2S/c21-11-4-5-14(15(22)7-11)19(24,25)9-29-17(32)13-8-16(23)30-31-18(13)34(33)12-3-1-2-10(6-12)20(26,27)28/h1-8H,9H2,(H,29,32). The van der Waals surface area contributed by atoms with Crippen molar-refractivity contribution in [2.45, 2.75) is 22.0 Å². The fourth-order valence-electron chi connectivity index (χ4n) is 2.72. The molecule has 1 atom stereocenters.